The summed E-state index contributed by atoms with van der Waals surface area (Å²) >= 11 is 0. The molecule has 0 saturated heterocycles. The van der Waals surface area contributed by atoms with E-state index in [9.17, 15) is 24.0 Å². The predicted molar refractivity (Wildman–Crippen MR) is 181 cm³/mol. The van der Waals surface area contributed by atoms with E-state index in [1.807, 2.05) is 73.0 Å². The van der Waals surface area contributed by atoms with Gasteiger partial charge in [0.05, 0.1) is 5.52 Å². The first-order chi connectivity index (χ1) is 23.3. The highest BCUT2D eigenvalue weighted by Gasteiger charge is 2.36. The molecule has 3 aromatic carbocycles. The molecule has 6 rings (SSSR count). The summed E-state index contributed by atoms with van der Waals surface area (Å²) in [6, 6.07) is 21.8. The van der Waals surface area contributed by atoms with Gasteiger partial charge in [-0.1, -0.05) is 49.7 Å². The summed E-state index contributed by atoms with van der Waals surface area (Å²) in [5, 5.41) is 10.2. The van der Waals surface area contributed by atoms with Crippen molar-refractivity contribution < 1.29 is 24.0 Å². The van der Waals surface area contributed by atoms with Crippen LogP contribution in [-0.2, 0) is 40.6 Å². The Morgan fingerprint density at radius 1 is 0.958 bits per heavy atom. The van der Waals surface area contributed by atoms with E-state index in [-0.39, 0.29) is 30.8 Å². The molecule has 3 N–H and O–H groups in total. The number of amides is 5. The summed E-state index contributed by atoms with van der Waals surface area (Å²) in [6.45, 7) is 4.84. The van der Waals surface area contributed by atoms with Crippen molar-refractivity contribution in [2.75, 3.05) is 0 Å². The van der Waals surface area contributed by atoms with Gasteiger partial charge >= 0.3 is 0 Å². The van der Waals surface area contributed by atoms with Gasteiger partial charge in [0.1, 0.15) is 18.2 Å². The van der Waals surface area contributed by atoms with Crippen LogP contribution in [0.15, 0.2) is 79.0 Å². The largest absolute Gasteiger partial charge is 0.350 e. The Balaban J connectivity index is 1.05. The summed E-state index contributed by atoms with van der Waals surface area (Å²) in [5.74, 6) is -1.23. The minimum Gasteiger partial charge on any atom is -0.350 e. The van der Waals surface area contributed by atoms with E-state index >= 15 is 0 Å². The standard InChI is InChI=1S/C37H36N6O5/c1-3-7-32(36(47)41-22-44)43-20-27-17-25(13-14-28(27)37(43)48)35(46)40-19-26-12-11-24(16-23(26)2)18-39-33(45)21-42-31-10-5-4-8-29(31)30-9-6-15-38-34(30)42/h4-6,8-17,22,32H,3,7,18-21H2,1-2H3,(H,39,45)(H,40,46)(H,41,44,47). The van der Waals surface area contributed by atoms with Crippen LogP contribution in [0, 0.1) is 6.92 Å². The van der Waals surface area contributed by atoms with Crippen LogP contribution in [0.4, 0.5) is 0 Å². The van der Waals surface area contributed by atoms with Crippen LogP contribution in [-0.4, -0.2) is 50.5 Å². The molecule has 0 fully saturated rings. The van der Waals surface area contributed by atoms with E-state index < -0.39 is 11.9 Å². The fourth-order valence-corrected chi connectivity index (χ4v) is 6.37. The number of carbonyl (C=O) groups is 5. The molecule has 0 spiro atoms. The van der Waals surface area contributed by atoms with Crippen LogP contribution in [0.1, 0.15) is 62.7 Å². The highest BCUT2D eigenvalue weighted by Crippen LogP contribution is 2.28. The predicted octanol–water partition coefficient (Wildman–Crippen LogP) is 4.14. The number of carbonyl (C=O) groups excluding carboxylic acids is 5. The third kappa shape index (κ3) is 6.39. The Bertz CT molecular complexity index is 2020. The molecule has 244 valence electrons. The van der Waals surface area contributed by atoms with E-state index in [0.717, 1.165) is 38.6 Å². The minimum absolute atomic E-state index is 0.124. The monoisotopic (exact) mass is 644 g/mol. The van der Waals surface area contributed by atoms with Gasteiger partial charge in [-0.25, -0.2) is 4.98 Å². The fraction of sp³-hybridized carbons (Fsp3) is 0.243. The zero-order valence-electron chi connectivity index (χ0n) is 26.8. The zero-order valence-corrected chi connectivity index (χ0v) is 26.8. The van der Waals surface area contributed by atoms with Gasteiger partial charge in [0.25, 0.3) is 11.8 Å². The Hall–Kier alpha value is -5.84. The van der Waals surface area contributed by atoms with E-state index in [0.29, 0.717) is 49.0 Å². The van der Waals surface area contributed by atoms with Crippen LogP contribution >= 0.6 is 0 Å². The Labute approximate surface area is 277 Å². The van der Waals surface area contributed by atoms with Gasteiger partial charge in [-0.15, -0.1) is 0 Å². The molecule has 0 bridgehead atoms. The smallest absolute Gasteiger partial charge is 0.255 e. The first kappa shape index (κ1) is 32.1. The number of aryl methyl sites for hydroxylation is 1. The van der Waals surface area contributed by atoms with Crippen LogP contribution in [0.5, 0.6) is 0 Å². The molecule has 5 aromatic rings. The lowest BCUT2D eigenvalue weighted by molar-refractivity contribution is -0.129. The first-order valence-electron chi connectivity index (χ1n) is 15.9. The number of hydrogen-bond donors (Lipinski definition) is 3. The number of aromatic nitrogens is 2. The van der Waals surface area contributed by atoms with E-state index in [1.54, 1.807) is 24.4 Å². The number of hydrogen-bond acceptors (Lipinski definition) is 6. The van der Waals surface area contributed by atoms with Gasteiger partial charge in [0.2, 0.25) is 18.2 Å². The SMILES string of the molecule is CCCC(C(=O)NC=O)N1Cc2cc(C(=O)NCc3ccc(CNC(=O)Cn4c5ccccc5c5cccnc54)cc3C)ccc2C1=O. The summed E-state index contributed by atoms with van der Waals surface area (Å²) in [6.07, 6.45) is 3.12. The fourth-order valence-electron chi connectivity index (χ4n) is 6.37. The molecule has 1 atom stereocenters. The number of nitrogens with zero attached hydrogens (tertiary/aromatic N) is 3. The van der Waals surface area contributed by atoms with Gasteiger partial charge in [-0.2, -0.15) is 0 Å². The van der Waals surface area contributed by atoms with Gasteiger partial charge < -0.3 is 20.1 Å². The normalized spacial score (nSPS) is 13.0. The molecule has 48 heavy (non-hydrogen) atoms. The summed E-state index contributed by atoms with van der Waals surface area (Å²) < 4.78 is 1.93. The molecule has 0 radical (unpaired) electrons. The highest BCUT2D eigenvalue weighted by atomic mass is 16.2. The second-order valence-electron chi connectivity index (χ2n) is 11.9. The Kier molecular flexibility index (Phi) is 9.29. The maximum absolute atomic E-state index is 13.1. The zero-order chi connectivity index (χ0) is 33.8. The molecule has 1 aliphatic heterocycles. The van der Waals surface area contributed by atoms with Gasteiger partial charge in [0, 0.05) is 47.7 Å². The van der Waals surface area contributed by atoms with Crippen LogP contribution < -0.4 is 16.0 Å². The molecule has 1 unspecified atom stereocenters. The number of para-hydroxylation sites is 1. The molecule has 1 aliphatic rings. The topological polar surface area (TPSA) is 143 Å². The molecule has 0 aliphatic carbocycles. The average Bonchev–Trinajstić information content (AvgIpc) is 3.59. The quantitative estimate of drug-likeness (QED) is 0.174. The van der Waals surface area contributed by atoms with Crippen LogP contribution in [0.25, 0.3) is 21.9 Å². The third-order valence-corrected chi connectivity index (χ3v) is 8.81. The number of pyridine rings is 1. The van der Waals surface area contributed by atoms with E-state index in [4.69, 9.17) is 0 Å². The Morgan fingerprint density at radius 3 is 2.56 bits per heavy atom. The minimum atomic E-state index is -0.769. The second kappa shape index (κ2) is 13.9. The van der Waals surface area contributed by atoms with Gasteiger partial charge in [-0.05, 0) is 72.0 Å². The van der Waals surface area contributed by atoms with Crippen molar-refractivity contribution in [2.45, 2.75) is 58.9 Å². The molecule has 5 amide bonds. The maximum atomic E-state index is 13.1. The number of benzene rings is 3. The van der Waals surface area contributed by atoms with Crippen molar-refractivity contribution in [3.63, 3.8) is 0 Å². The molecule has 3 heterocycles. The van der Waals surface area contributed by atoms with E-state index in [2.05, 4.69) is 20.9 Å². The summed E-state index contributed by atoms with van der Waals surface area (Å²) in [7, 11) is 0. The van der Waals surface area contributed by atoms with Gasteiger partial charge in [-0.3, -0.25) is 29.3 Å². The van der Waals surface area contributed by atoms with Gasteiger partial charge in [0.15, 0.2) is 0 Å². The van der Waals surface area contributed by atoms with Crippen molar-refractivity contribution in [3.8, 4) is 0 Å². The van der Waals surface area contributed by atoms with Crippen molar-refractivity contribution in [2.24, 2.45) is 0 Å². The lowest BCUT2D eigenvalue weighted by Crippen LogP contribution is -2.46. The lowest BCUT2D eigenvalue weighted by Gasteiger charge is -2.25. The van der Waals surface area contributed by atoms with Crippen molar-refractivity contribution in [1.82, 2.24) is 30.4 Å². The van der Waals surface area contributed by atoms with E-state index in [1.165, 1.54) is 4.90 Å². The molecule has 2 aromatic heterocycles. The van der Waals surface area contributed by atoms with Crippen molar-refractivity contribution >= 4 is 52.0 Å². The molecule has 11 heteroatoms. The number of imide groups is 1. The van der Waals surface area contributed by atoms with Crippen LogP contribution in [0.3, 0.4) is 0 Å². The van der Waals surface area contributed by atoms with Crippen molar-refractivity contribution in [3.05, 3.63) is 112 Å². The van der Waals surface area contributed by atoms with Crippen LogP contribution in [0.2, 0.25) is 0 Å². The molecular weight excluding hydrogens is 608 g/mol. The number of nitrogens with one attached hydrogen (secondary N) is 3. The second-order valence-corrected chi connectivity index (χ2v) is 11.9. The molecule has 0 saturated carbocycles. The highest BCUT2D eigenvalue weighted by molar-refractivity contribution is 6.07. The number of fused-ring (bicyclic) bond motifs is 4. The first-order valence-corrected chi connectivity index (χ1v) is 15.9. The summed E-state index contributed by atoms with van der Waals surface area (Å²) in [4.78, 5) is 68.4. The maximum Gasteiger partial charge on any atom is 0.255 e. The van der Waals surface area contributed by atoms with Crippen molar-refractivity contribution in [1.29, 1.82) is 0 Å². The molecule has 11 nitrogen and oxygen atoms in total. The molecular formula is C37H36N6O5. The lowest BCUT2D eigenvalue weighted by atomic mass is 10.0. The Morgan fingerprint density at radius 2 is 1.77 bits per heavy atom. The summed E-state index contributed by atoms with van der Waals surface area (Å²) in [5.41, 5.74) is 6.07. The third-order valence-electron chi connectivity index (χ3n) is 8.81. The average molecular weight is 645 g/mol. The number of rotatable bonds is 12.